The van der Waals surface area contributed by atoms with Crippen LogP contribution in [0.2, 0.25) is 0 Å². The van der Waals surface area contributed by atoms with Gasteiger partial charge in [-0.2, -0.15) is 8.87 Å². The van der Waals surface area contributed by atoms with Crippen LogP contribution in [0.25, 0.3) is 0 Å². The second-order valence-electron chi connectivity index (χ2n) is 7.23. The Morgan fingerprint density at radius 1 is 1.00 bits per heavy atom. The number of rotatable bonds is 6. The molecule has 0 radical (unpaired) electrons. The van der Waals surface area contributed by atoms with E-state index in [0.717, 1.165) is 18.4 Å². The fourth-order valence-corrected chi connectivity index (χ4v) is 4.76. The van der Waals surface area contributed by atoms with Crippen LogP contribution in [0.1, 0.15) is 24.5 Å². The number of carbonyl (C=O) groups is 1. The number of aromatic nitrogens is 1. The Hall–Kier alpha value is -2.25. The van der Waals surface area contributed by atoms with Crippen LogP contribution in [0.15, 0.2) is 53.7 Å². The summed E-state index contributed by atoms with van der Waals surface area (Å²) in [5.41, 5.74) is 2.29. The van der Waals surface area contributed by atoms with Gasteiger partial charge in [-0.25, -0.2) is 8.42 Å². The Balaban J connectivity index is 1.57. The van der Waals surface area contributed by atoms with Gasteiger partial charge in [0, 0.05) is 38.3 Å². The zero-order chi connectivity index (χ0) is 20.1. The van der Waals surface area contributed by atoms with Gasteiger partial charge >= 0.3 is 0 Å². The Kier molecular flexibility index (Phi) is 6.46. The summed E-state index contributed by atoms with van der Waals surface area (Å²) in [6, 6.07) is 11.0. The summed E-state index contributed by atoms with van der Waals surface area (Å²) in [7, 11) is -3.51. The Morgan fingerprint density at radius 2 is 1.61 bits per heavy atom. The third-order valence-corrected chi connectivity index (χ3v) is 6.98. The summed E-state index contributed by atoms with van der Waals surface area (Å²) in [5.74, 6) is 0.0145. The van der Waals surface area contributed by atoms with Crippen molar-refractivity contribution in [3.05, 3.63) is 59.9 Å². The third-order valence-electron chi connectivity index (χ3n) is 5.07. The van der Waals surface area contributed by atoms with Crippen molar-refractivity contribution < 1.29 is 17.8 Å². The molecule has 0 spiro atoms. The van der Waals surface area contributed by atoms with Gasteiger partial charge in [0.05, 0.1) is 4.90 Å². The standard InChI is InChI=1S/C21H28N3O3S/c1-3-4-19-9-11-22(12-10-19)17-21(25)23-13-15-24(16-14-23)28(26,27)20-7-5-18(2)6-8-20/h5-12H,3-4,13-17H2,1-2H3/q+1. The number of hydrogen-bond acceptors (Lipinski definition) is 3. The van der Waals surface area contributed by atoms with Crippen molar-refractivity contribution in [2.75, 3.05) is 26.2 Å². The lowest BCUT2D eigenvalue weighted by molar-refractivity contribution is -0.685. The Bertz CT molecular complexity index is 901. The molecule has 7 heteroatoms. The second kappa shape index (κ2) is 8.84. The Morgan fingerprint density at radius 3 is 2.18 bits per heavy atom. The average Bonchev–Trinajstić information content (AvgIpc) is 2.70. The van der Waals surface area contributed by atoms with Gasteiger partial charge in [0.2, 0.25) is 16.6 Å². The van der Waals surface area contributed by atoms with Crippen molar-refractivity contribution in [1.29, 1.82) is 0 Å². The fourth-order valence-electron chi connectivity index (χ4n) is 3.34. The molecule has 0 unspecified atom stereocenters. The van der Waals surface area contributed by atoms with Crippen molar-refractivity contribution >= 4 is 15.9 Å². The molecule has 1 amide bonds. The van der Waals surface area contributed by atoms with Gasteiger partial charge in [-0.15, -0.1) is 0 Å². The molecule has 3 rings (SSSR count). The molecule has 6 nitrogen and oxygen atoms in total. The molecule has 0 saturated carbocycles. The number of sulfonamides is 1. The molecule has 2 heterocycles. The first kappa shape index (κ1) is 20.5. The highest BCUT2D eigenvalue weighted by atomic mass is 32.2. The number of benzene rings is 1. The quantitative estimate of drug-likeness (QED) is 0.692. The van der Waals surface area contributed by atoms with Crippen LogP contribution >= 0.6 is 0 Å². The maximum absolute atomic E-state index is 12.8. The summed E-state index contributed by atoms with van der Waals surface area (Å²) >= 11 is 0. The lowest BCUT2D eigenvalue weighted by Gasteiger charge is -2.33. The molecule has 1 aliphatic heterocycles. The summed E-state index contributed by atoms with van der Waals surface area (Å²) < 4.78 is 28.9. The molecule has 0 N–H and O–H groups in total. The molecule has 1 aromatic carbocycles. The van der Waals surface area contributed by atoms with E-state index < -0.39 is 10.0 Å². The largest absolute Gasteiger partial charge is 0.335 e. The normalized spacial score (nSPS) is 15.6. The van der Waals surface area contributed by atoms with Crippen molar-refractivity contribution in [2.24, 2.45) is 0 Å². The number of carbonyl (C=O) groups excluding carboxylic acids is 1. The van der Waals surface area contributed by atoms with Crippen molar-refractivity contribution in [3.63, 3.8) is 0 Å². The number of piperazine rings is 1. The minimum absolute atomic E-state index is 0.0145. The van der Waals surface area contributed by atoms with E-state index in [1.165, 1.54) is 9.87 Å². The molecular weight excluding hydrogens is 374 g/mol. The van der Waals surface area contributed by atoms with E-state index in [1.54, 1.807) is 29.2 Å². The number of pyridine rings is 1. The molecule has 1 aromatic heterocycles. The molecule has 1 aliphatic rings. The smallest absolute Gasteiger partial charge is 0.288 e. The predicted molar refractivity (Wildman–Crippen MR) is 107 cm³/mol. The highest BCUT2D eigenvalue weighted by Gasteiger charge is 2.30. The van der Waals surface area contributed by atoms with Crippen LogP contribution < -0.4 is 4.57 Å². The van der Waals surface area contributed by atoms with Gasteiger partial charge in [-0.3, -0.25) is 4.79 Å². The van der Waals surface area contributed by atoms with Crippen LogP contribution in [-0.2, 0) is 27.8 Å². The van der Waals surface area contributed by atoms with E-state index >= 15 is 0 Å². The summed E-state index contributed by atoms with van der Waals surface area (Å²) in [4.78, 5) is 14.6. The minimum Gasteiger partial charge on any atom is -0.335 e. The van der Waals surface area contributed by atoms with Gasteiger partial charge in [0.25, 0.3) is 5.91 Å². The van der Waals surface area contributed by atoms with Gasteiger partial charge in [-0.1, -0.05) is 31.0 Å². The zero-order valence-corrected chi connectivity index (χ0v) is 17.4. The van der Waals surface area contributed by atoms with E-state index in [4.69, 9.17) is 0 Å². The number of amides is 1. The van der Waals surface area contributed by atoms with Gasteiger partial charge < -0.3 is 4.90 Å². The first-order valence-corrected chi connectivity index (χ1v) is 11.2. The van der Waals surface area contributed by atoms with Gasteiger partial charge in [0.15, 0.2) is 12.4 Å². The number of hydrogen-bond donors (Lipinski definition) is 0. The average molecular weight is 403 g/mol. The van der Waals surface area contributed by atoms with E-state index in [2.05, 4.69) is 6.92 Å². The first-order chi connectivity index (χ1) is 13.4. The second-order valence-corrected chi connectivity index (χ2v) is 9.16. The maximum atomic E-state index is 12.8. The molecule has 2 aromatic rings. The molecule has 1 saturated heterocycles. The van der Waals surface area contributed by atoms with Crippen LogP contribution in [-0.4, -0.2) is 49.7 Å². The zero-order valence-electron chi connectivity index (χ0n) is 16.5. The van der Waals surface area contributed by atoms with E-state index in [9.17, 15) is 13.2 Å². The van der Waals surface area contributed by atoms with Crippen molar-refractivity contribution in [1.82, 2.24) is 9.21 Å². The highest BCUT2D eigenvalue weighted by Crippen LogP contribution is 2.18. The third kappa shape index (κ3) is 4.77. The topological polar surface area (TPSA) is 61.6 Å². The summed E-state index contributed by atoms with van der Waals surface area (Å²) in [6.45, 7) is 5.82. The fraction of sp³-hybridized carbons (Fsp3) is 0.429. The van der Waals surface area contributed by atoms with E-state index in [0.29, 0.717) is 31.1 Å². The molecule has 0 bridgehead atoms. The maximum Gasteiger partial charge on any atom is 0.288 e. The first-order valence-electron chi connectivity index (χ1n) is 9.72. The lowest BCUT2D eigenvalue weighted by Crippen LogP contribution is -2.53. The summed E-state index contributed by atoms with van der Waals surface area (Å²) in [6.07, 6.45) is 5.99. The van der Waals surface area contributed by atoms with Crippen molar-refractivity contribution in [3.8, 4) is 0 Å². The Labute approximate surface area is 167 Å². The molecule has 150 valence electrons. The van der Waals surface area contributed by atoms with Crippen LogP contribution in [0.3, 0.4) is 0 Å². The van der Waals surface area contributed by atoms with E-state index in [-0.39, 0.29) is 12.5 Å². The predicted octanol–water partition coefficient (Wildman–Crippen LogP) is 1.77. The minimum atomic E-state index is -3.51. The highest BCUT2D eigenvalue weighted by molar-refractivity contribution is 7.89. The monoisotopic (exact) mass is 402 g/mol. The molecular formula is C21H28N3O3S+. The molecule has 0 atom stereocenters. The summed E-state index contributed by atoms with van der Waals surface area (Å²) in [5, 5.41) is 0. The van der Waals surface area contributed by atoms with Crippen LogP contribution in [0.5, 0.6) is 0 Å². The lowest BCUT2D eigenvalue weighted by atomic mass is 10.1. The van der Waals surface area contributed by atoms with Crippen LogP contribution in [0.4, 0.5) is 0 Å². The molecule has 1 fully saturated rings. The molecule has 0 aliphatic carbocycles. The van der Waals surface area contributed by atoms with Crippen LogP contribution in [0, 0.1) is 6.92 Å². The van der Waals surface area contributed by atoms with Gasteiger partial charge in [-0.05, 0) is 31.0 Å². The number of nitrogens with zero attached hydrogens (tertiary/aromatic N) is 3. The van der Waals surface area contributed by atoms with Gasteiger partial charge in [0.1, 0.15) is 0 Å². The SMILES string of the molecule is CCCc1cc[n+](CC(=O)N2CCN(S(=O)(=O)c3ccc(C)cc3)CC2)cc1. The number of aryl methyl sites for hydroxylation is 2. The van der Waals surface area contributed by atoms with E-state index in [1.807, 2.05) is 36.0 Å². The molecule has 28 heavy (non-hydrogen) atoms. The van der Waals surface area contributed by atoms with Crippen molar-refractivity contribution in [2.45, 2.75) is 38.1 Å².